The number of hydrogen-bond acceptors (Lipinski definition) is 6. The average Bonchev–Trinajstić information content (AvgIpc) is 2.98. The minimum absolute atomic E-state index is 0.202. The minimum Gasteiger partial charge on any atom is -0.444 e. The molecule has 2 aromatic heterocycles. The van der Waals surface area contributed by atoms with Crippen LogP contribution in [0.4, 0.5) is 5.13 Å². The van der Waals surface area contributed by atoms with Crippen molar-refractivity contribution < 1.29 is 17.6 Å². The number of sulfone groups is 1. The van der Waals surface area contributed by atoms with Crippen LogP contribution in [0.1, 0.15) is 16.1 Å². The Labute approximate surface area is 144 Å². The molecule has 9 heteroatoms. The average molecular weight is 415 g/mol. The predicted molar refractivity (Wildman–Crippen MR) is 91.8 cm³/mol. The van der Waals surface area contributed by atoms with E-state index in [1.165, 1.54) is 17.4 Å². The molecule has 0 atom stereocenters. The number of nitrogens with one attached hydrogen (secondary N) is 1. The Morgan fingerprint density at radius 3 is 2.70 bits per heavy atom. The zero-order chi connectivity index (χ0) is 16.8. The van der Waals surface area contributed by atoms with Gasteiger partial charge in [-0.15, -0.1) is 0 Å². The molecule has 3 rings (SSSR count). The summed E-state index contributed by atoms with van der Waals surface area (Å²) in [5.41, 5.74) is 1.32. The fourth-order valence-corrected chi connectivity index (χ4v) is 4.14. The molecular weight excluding hydrogens is 404 g/mol. The lowest BCUT2D eigenvalue weighted by Crippen LogP contribution is -2.11. The maximum atomic E-state index is 12.2. The lowest BCUT2D eigenvalue weighted by Gasteiger charge is -1.98. The molecule has 6 nitrogen and oxygen atoms in total. The van der Waals surface area contributed by atoms with Gasteiger partial charge in [0.2, 0.25) is 0 Å². The number of fused-ring (bicyclic) bond motifs is 1. The first-order chi connectivity index (χ1) is 10.7. The van der Waals surface area contributed by atoms with Gasteiger partial charge >= 0.3 is 0 Å². The van der Waals surface area contributed by atoms with Gasteiger partial charge in [0.15, 0.2) is 25.4 Å². The van der Waals surface area contributed by atoms with Gasteiger partial charge < -0.3 is 4.42 Å². The van der Waals surface area contributed by atoms with Gasteiger partial charge in [-0.3, -0.25) is 10.1 Å². The van der Waals surface area contributed by atoms with Crippen LogP contribution in [0.5, 0.6) is 0 Å². The predicted octanol–water partition coefficient (Wildman–Crippen LogP) is 3.62. The van der Waals surface area contributed by atoms with Crippen molar-refractivity contribution in [3.63, 3.8) is 0 Å². The molecule has 0 saturated heterocycles. The third-order valence-corrected chi connectivity index (χ3v) is 5.54. The van der Waals surface area contributed by atoms with Crippen LogP contribution in [0.2, 0.25) is 0 Å². The minimum atomic E-state index is -3.28. The molecule has 1 aromatic carbocycles. The van der Waals surface area contributed by atoms with Crippen molar-refractivity contribution in [1.82, 2.24) is 4.98 Å². The van der Waals surface area contributed by atoms with Crippen LogP contribution in [0.15, 0.2) is 38.2 Å². The van der Waals surface area contributed by atoms with Crippen LogP contribution in [0.3, 0.4) is 0 Å². The number of rotatable bonds is 3. The van der Waals surface area contributed by atoms with E-state index in [1.54, 1.807) is 25.1 Å². The fourth-order valence-electron chi connectivity index (χ4n) is 2.01. The summed E-state index contributed by atoms with van der Waals surface area (Å²) in [6.07, 6.45) is 1.15. The van der Waals surface area contributed by atoms with Crippen molar-refractivity contribution in [2.45, 2.75) is 11.8 Å². The normalized spacial score (nSPS) is 11.8. The summed E-state index contributed by atoms with van der Waals surface area (Å²) in [6, 6.07) is 6.36. The van der Waals surface area contributed by atoms with Crippen LogP contribution in [0, 0.1) is 6.92 Å². The molecule has 0 fully saturated rings. The van der Waals surface area contributed by atoms with Crippen LogP contribution in [-0.2, 0) is 9.84 Å². The molecule has 1 amide bonds. The van der Waals surface area contributed by atoms with Gasteiger partial charge in [-0.1, -0.05) is 11.3 Å². The quantitative estimate of drug-likeness (QED) is 0.706. The summed E-state index contributed by atoms with van der Waals surface area (Å²) in [5, 5.41) is 3.04. The summed E-state index contributed by atoms with van der Waals surface area (Å²) in [7, 11) is -3.28. The zero-order valence-electron chi connectivity index (χ0n) is 12.1. The van der Waals surface area contributed by atoms with E-state index < -0.39 is 15.7 Å². The van der Waals surface area contributed by atoms with Gasteiger partial charge in [-0.25, -0.2) is 13.4 Å². The van der Waals surface area contributed by atoms with Crippen molar-refractivity contribution >= 4 is 58.4 Å². The molecule has 2 heterocycles. The van der Waals surface area contributed by atoms with E-state index in [-0.39, 0.29) is 10.7 Å². The van der Waals surface area contributed by atoms with Crippen LogP contribution >= 0.6 is 27.3 Å². The Morgan fingerprint density at radius 2 is 2.09 bits per heavy atom. The Kier molecular flexibility index (Phi) is 4.03. The highest BCUT2D eigenvalue weighted by molar-refractivity contribution is 9.10. The van der Waals surface area contributed by atoms with E-state index in [1.807, 2.05) is 0 Å². The third kappa shape index (κ3) is 3.31. The Balaban J connectivity index is 1.92. The topological polar surface area (TPSA) is 89.3 Å². The van der Waals surface area contributed by atoms with Crippen molar-refractivity contribution in [3.05, 3.63) is 40.3 Å². The van der Waals surface area contributed by atoms with E-state index in [4.69, 9.17) is 4.42 Å². The Bertz CT molecular complexity index is 1020. The molecule has 3 aromatic rings. The number of halogens is 1. The number of furan rings is 1. The largest absolute Gasteiger partial charge is 0.444 e. The molecule has 0 bridgehead atoms. The molecule has 0 aliphatic carbocycles. The third-order valence-electron chi connectivity index (χ3n) is 3.10. The maximum Gasteiger partial charge on any atom is 0.293 e. The molecule has 0 radical (unpaired) electrons. The molecule has 1 N–H and O–H groups in total. The molecule has 0 unspecified atom stereocenters. The van der Waals surface area contributed by atoms with Crippen molar-refractivity contribution in [2.24, 2.45) is 0 Å². The number of nitrogens with zero attached hydrogens (tertiary/aromatic N) is 1. The number of carbonyl (C=O) groups is 1. The number of hydrogen-bond donors (Lipinski definition) is 1. The number of aryl methyl sites for hydroxylation is 1. The SMILES string of the molecule is Cc1cc(Br)oc1C(=O)Nc1nc2ccc(S(C)(=O)=O)cc2s1. The lowest BCUT2D eigenvalue weighted by molar-refractivity contribution is 0.0994. The standard InChI is InChI=1S/C14H11BrN2O4S2/c1-7-5-11(15)21-12(7)13(18)17-14-16-9-4-3-8(23(2,19)20)6-10(9)22-14/h3-6H,1-2H3,(H,16,17,18). The van der Waals surface area contributed by atoms with Crippen LogP contribution in [0.25, 0.3) is 10.2 Å². The van der Waals surface area contributed by atoms with E-state index in [0.717, 1.165) is 6.26 Å². The van der Waals surface area contributed by atoms with Crippen molar-refractivity contribution in [2.75, 3.05) is 11.6 Å². The molecule has 0 aliphatic heterocycles. The Hall–Kier alpha value is -1.71. The highest BCUT2D eigenvalue weighted by Crippen LogP contribution is 2.29. The summed E-state index contributed by atoms with van der Waals surface area (Å²) in [5.74, 6) is -0.205. The summed E-state index contributed by atoms with van der Waals surface area (Å²) in [4.78, 5) is 16.7. The summed E-state index contributed by atoms with van der Waals surface area (Å²) < 4.78 is 29.6. The van der Waals surface area contributed by atoms with E-state index in [9.17, 15) is 13.2 Å². The second kappa shape index (κ2) is 5.73. The molecular formula is C14H11BrN2O4S2. The number of carbonyl (C=O) groups excluding carboxylic acids is 1. The highest BCUT2D eigenvalue weighted by Gasteiger charge is 2.17. The number of anilines is 1. The Morgan fingerprint density at radius 1 is 1.35 bits per heavy atom. The number of aromatic nitrogens is 1. The zero-order valence-corrected chi connectivity index (χ0v) is 15.3. The number of amides is 1. The van der Waals surface area contributed by atoms with E-state index in [0.29, 0.717) is 25.6 Å². The van der Waals surface area contributed by atoms with Crippen molar-refractivity contribution in [3.8, 4) is 0 Å². The smallest absolute Gasteiger partial charge is 0.293 e. The molecule has 0 saturated carbocycles. The van der Waals surface area contributed by atoms with Gasteiger partial charge in [0, 0.05) is 11.8 Å². The number of benzene rings is 1. The lowest BCUT2D eigenvalue weighted by atomic mass is 10.3. The highest BCUT2D eigenvalue weighted by atomic mass is 79.9. The first-order valence-electron chi connectivity index (χ1n) is 6.42. The first-order valence-corrected chi connectivity index (χ1v) is 9.92. The molecule has 0 spiro atoms. The molecule has 120 valence electrons. The van der Waals surface area contributed by atoms with Gasteiger partial charge in [-0.05, 0) is 47.1 Å². The van der Waals surface area contributed by atoms with E-state index >= 15 is 0 Å². The van der Waals surface area contributed by atoms with Gasteiger partial charge in [-0.2, -0.15) is 0 Å². The fraction of sp³-hybridized carbons (Fsp3) is 0.143. The monoisotopic (exact) mass is 414 g/mol. The van der Waals surface area contributed by atoms with Gasteiger partial charge in [0.1, 0.15) is 0 Å². The second-order valence-corrected chi connectivity index (χ2v) is 8.77. The maximum absolute atomic E-state index is 12.2. The second-order valence-electron chi connectivity index (χ2n) is 4.94. The molecule has 0 aliphatic rings. The molecule has 23 heavy (non-hydrogen) atoms. The van der Waals surface area contributed by atoms with Gasteiger partial charge in [0.25, 0.3) is 5.91 Å². The summed E-state index contributed by atoms with van der Waals surface area (Å²) in [6.45, 7) is 1.76. The number of thiazole rings is 1. The first kappa shape index (κ1) is 16.2. The van der Waals surface area contributed by atoms with E-state index in [2.05, 4.69) is 26.2 Å². The van der Waals surface area contributed by atoms with Crippen LogP contribution < -0.4 is 5.32 Å². The van der Waals surface area contributed by atoms with Gasteiger partial charge in [0.05, 0.1) is 15.1 Å². The van der Waals surface area contributed by atoms with Crippen molar-refractivity contribution in [1.29, 1.82) is 0 Å². The van der Waals surface area contributed by atoms with Crippen LogP contribution in [-0.4, -0.2) is 25.6 Å². The summed E-state index contributed by atoms with van der Waals surface area (Å²) >= 11 is 4.38.